The van der Waals surface area contributed by atoms with E-state index in [1.165, 1.54) is 19.5 Å². The summed E-state index contributed by atoms with van der Waals surface area (Å²) in [5.41, 5.74) is 0. The van der Waals surface area contributed by atoms with Crippen molar-refractivity contribution in [3.63, 3.8) is 0 Å². The summed E-state index contributed by atoms with van der Waals surface area (Å²) in [6, 6.07) is 7.66. The first-order chi connectivity index (χ1) is 13.1. The second-order valence-electron chi connectivity index (χ2n) is 6.99. The highest BCUT2D eigenvalue weighted by atomic mass is 127. The molecule has 1 atom stereocenters. The van der Waals surface area contributed by atoms with Crippen molar-refractivity contribution in [2.45, 2.75) is 19.4 Å². The zero-order chi connectivity index (χ0) is 19.5. The Morgan fingerprint density at radius 1 is 1.18 bits per heavy atom. The lowest BCUT2D eigenvalue weighted by molar-refractivity contribution is 0.222. The predicted octanol–water partition coefficient (Wildman–Crippen LogP) is 1.88. The smallest absolute Gasteiger partial charge is 0.191 e. The number of methoxy groups -OCH3 is 1. The zero-order valence-corrected chi connectivity index (χ0v) is 19.9. The van der Waals surface area contributed by atoms with E-state index in [1.807, 2.05) is 31.2 Å². The Kier molecular flexibility index (Phi) is 12.2. The maximum atomic E-state index is 5.94. The molecule has 1 aliphatic rings. The standard InChI is InChI=1S/C20H35N5O2.HI/c1-17(27-19-8-5-7-18(15-19)26-4)16-23-20(21-2)22-9-12-25-11-6-10-24(3)13-14-25;/h5,7-8,15,17H,6,9-14,16H2,1-4H3,(H2,21,22,23);1H. The number of hydrogen-bond acceptors (Lipinski definition) is 5. The number of guanidine groups is 1. The molecule has 2 N–H and O–H groups in total. The Labute approximate surface area is 186 Å². The van der Waals surface area contributed by atoms with Crippen molar-refractivity contribution >= 4 is 29.9 Å². The van der Waals surface area contributed by atoms with Gasteiger partial charge in [-0.05, 0) is 45.6 Å². The Balaban J connectivity index is 0.00000392. The number of likely N-dealkylation sites (N-methyl/N-ethyl adjacent to an activating group) is 1. The molecule has 0 saturated carbocycles. The summed E-state index contributed by atoms with van der Waals surface area (Å²) >= 11 is 0. The van der Waals surface area contributed by atoms with Crippen LogP contribution in [0.25, 0.3) is 0 Å². The molecule has 0 spiro atoms. The maximum Gasteiger partial charge on any atom is 0.191 e. The van der Waals surface area contributed by atoms with Crippen LogP contribution in [-0.4, -0.2) is 88.9 Å². The van der Waals surface area contributed by atoms with Gasteiger partial charge in [-0.15, -0.1) is 24.0 Å². The van der Waals surface area contributed by atoms with E-state index in [2.05, 4.69) is 32.5 Å². The van der Waals surface area contributed by atoms with Gasteiger partial charge in [0.05, 0.1) is 13.7 Å². The van der Waals surface area contributed by atoms with E-state index in [0.29, 0.717) is 6.54 Å². The summed E-state index contributed by atoms with van der Waals surface area (Å²) < 4.78 is 11.2. The van der Waals surface area contributed by atoms with Crippen LogP contribution < -0.4 is 20.1 Å². The first kappa shape index (κ1) is 24.8. The summed E-state index contributed by atoms with van der Waals surface area (Å²) in [4.78, 5) is 9.21. The lowest BCUT2D eigenvalue weighted by Crippen LogP contribution is -2.44. The molecule has 160 valence electrons. The molecule has 1 aromatic rings. The van der Waals surface area contributed by atoms with Crippen LogP contribution in [0.5, 0.6) is 11.5 Å². The third kappa shape index (κ3) is 9.29. The Hall–Kier alpha value is -1.26. The first-order valence-corrected chi connectivity index (χ1v) is 9.77. The highest BCUT2D eigenvalue weighted by Gasteiger charge is 2.12. The highest BCUT2D eigenvalue weighted by Crippen LogP contribution is 2.19. The van der Waals surface area contributed by atoms with Crippen LogP contribution in [0.15, 0.2) is 29.3 Å². The summed E-state index contributed by atoms with van der Waals surface area (Å²) in [5, 5.41) is 6.72. The van der Waals surface area contributed by atoms with E-state index in [9.17, 15) is 0 Å². The Bertz CT molecular complexity index is 587. The van der Waals surface area contributed by atoms with Gasteiger partial charge in [0.2, 0.25) is 0 Å². The van der Waals surface area contributed by atoms with Crippen molar-refractivity contribution < 1.29 is 9.47 Å². The Morgan fingerprint density at radius 2 is 1.96 bits per heavy atom. The third-order valence-corrected chi connectivity index (χ3v) is 4.69. The quantitative estimate of drug-likeness (QED) is 0.320. The second kappa shape index (κ2) is 13.8. The van der Waals surface area contributed by atoms with Gasteiger partial charge in [0, 0.05) is 39.3 Å². The largest absolute Gasteiger partial charge is 0.497 e. The van der Waals surface area contributed by atoms with Crippen molar-refractivity contribution in [1.82, 2.24) is 20.4 Å². The molecule has 1 aromatic carbocycles. The van der Waals surface area contributed by atoms with Crippen molar-refractivity contribution in [3.8, 4) is 11.5 Å². The number of aliphatic imine (C=N–C) groups is 1. The molecule has 0 amide bonds. The van der Waals surface area contributed by atoms with Crippen LogP contribution >= 0.6 is 24.0 Å². The van der Waals surface area contributed by atoms with E-state index in [0.717, 1.165) is 43.6 Å². The monoisotopic (exact) mass is 505 g/mol. The number of nitrogens with one attached hydrogen (secondary N) is 2. The lowest BCUT2D eigenvalue weighted by Gasteiger charge is -2.21. The van der Waals surface area contributed by atoms with Crippen LogP contribution in [0.3, 0.4) is 0 Å². The number of hydrogen-bond donors (Lipinski definition) is 2. The fourth-order valence-electron chi connectivity index (χ4n) is 3.07. The molecular weight excluding hydrogens is 469 g/mol. The Morgan fingerprint density at radius 3 is 2.71 bits per heavy atom. The van der Waals surface area contributed by atoms with Crippen molar-refractivity contribution in [2.75, 3.05) is 67.0 Å². The molecule has 0 aromatic heterocycles. The van der Waals surface area contributed by atoms with Gasteiger partial charge in [-0.2, -0.15) is 0 Å². The summed E-state index contributed by atoms with van der Waals surface area (Å²) in [6.07, 6.45) is 1.25. The summed E-state index contributed by atoms with van der Waals surface area (Å²) in [7, 11) is 5.65. The normalized spacial score (nSPS) is 17.2. The van der Waals surface area contributed by atoms with Crippen LogP contribution in [0.1, 0.15) is 13.3 Å². The van der Waals surface area contributed by atoms with Crippen molar-refractivity contribution in [3.05, 3.63) is 24.3 Å². The average molecular weight is 505 g/mol. The van der Waals surface area contributed by atoms with Crippen molar-refractivity contribution in [1.29, 1.82) is 0 Å². The summed E-state index contributed by atoms with van der Waals surface area (Å²) in [5.74, 6) is 2.41. The minimum atomic E-state index is 0. The minimum absolute atomic E-state index is 0. The van der Waals surface area contributed by atoms with E-state index in [-0.39, 0.29) is 30.1 Å². The van der Waals surface area contributed by atoms with Crippen LogP contribution in [0.4, 0.5) is 0 Å². The highest BCUT2D eigenvalue weighted by molar-refractivity contribution is 14.0. The molecule has 8 heteroatoms. The molecule has 0 aliphatic carbocycles. The molecule has 0 bridgehead atoms. The molecule has 1 fully saturated rings. The van der Waals surface area contributed by atoms with Gasteiger partial charge < -0.3 is 29.9 Å². The topological polar surface area (TPSA) is 61.4 Å². The number of nitrogens with zero attached hydrogens (tertiary/aromatic N) is 3. The van der Waals surface area contributed by atoms with Gasteiger partial charge in [-0.3, -0.25) is 4.99 Å². The molecule has 2 rings (SSSR count). The third-order valence-electron chi connectivity index (χ3n) is 4.69. The van der Waals surface area contributed by atoms with E-state index >= 15 is 0 Å². The predicted molar refractivity (Wildman–Crippen MR) is 126 cm³/mol. The van der Waals surface area contributed by atoms with Gasteiger partial charge in [0.15, 0.2) is 5.96 Å². The SMILES string of the molecule is CN=C(NCCN1CCCN(C)CC1)NCC(C)Oc1cccc(OC)c1.I. The average Bonchev–Trinajstić information content (AvgIpc) is 2.88. The van der Waals surface area contributed by atoms with Crippen LogP contribution in [0, 0.1) is 0 Å². The fourth-order valence-corrected chi connectivity index (χ4v) is 3.07. The summed E-state index contributed by atoms with van der Waals surface area (Å²) in [6.45, 7) is 9.27. The zero-order valence-electron chi connectivity index (χ0n) is 17.6. The second-order valence-corrected chi connectivity index (χ2v) is 6.99. The van der Waals surface area contributed by atoms with Crippen LogP contribution in [-0.2, 0) is 0 Å². The van der Waals surface area contributed by atoms with Crippen molar-refractivity contribution in [2.24, 2.45) is 4.99 Å². The van der Waals surface area contributed by atoms with E-state index in [4.69, 9.17) is 9.47 Å². The molecule has 1 heterocycles. The van der Waals surface area contributed by atoms with Gasteiger partial charge in [0.25, 0.3) is 0 Å². The number of rotatable bonds is 8. The number of halogens is 1. The maximum absolute atomic E-state index is 5.94. The molecular formula is C20H36IN5O2. The van der Waals surface area contributed by atoms with E-state index in [1.54, 1.807) is 14.2 Å². The number of benzene rings is 1. The van der Waals surface area contributed by atoms with Gasteiger partial charge in [0.1, 0.15) is 17.6 Å². The van der Waals surface area contributed by atoms with Crippen LogP contribution in [0.2, 0.25) is 0 Å². The molecule has 28 heavy (non-hydrogen) atoms. The first-order valence-electron chi connectivity index (χ1n) is 9.77. The molecule has 1 aliphatic heterocycles. The molecule has 1 saturated heterocycles. The van der Waals surface area contributed by atoms with Gasteiger partial charge in [-0.1, -0.05) is 6.07 Å². The molecule has 1 unspecified atom stereocenters. The molecule has 0 radical (unpaired) electrons. The van der Waals surface area contributed by atoms with Gasteiger partial charge >= 0.3 is 0 Å². The minimum Gasteiger partial charge on any atom is -0.497 e. The van der Waals surface area contributed by atoms with E-state index < -0.39 is 0 Å². The lowest BCUT2D eigenvalue weighted by atomic mass is 10.3. The molecule has 7 nitrogen and oxygen atoms in total. The fraction of sp³-hybridized carbons (Fsp3) is 0.650. The van der Waals surface area contributed by atoms with Gasteiger partial charge in [-0.25, -0.2) is 0 Å². The number of ether oxygens (including phenoxy) is 2.